The summed E-state index contributed by atoms with van der Waals surface area (Å²) in [4.78, 5) is 5.39. The van der Waals surface area contributed by atoms with Gasteiger partial charge >= 0.3 is 273 Å². The van der Waals surface area contributed by atoms with Crippen LogP contribution in [0.3, 0.4) is 0 Å². The summed E-state index contributed by atoms with van der Waals surface area (Å²) in [6, 6.07) is 22.5. The second kappa shape index (κ2) is 13.3. The first-order valence-corrected chi connectivity index (χ1v) is 16.2. The van der Waals surface area contributed by atoms with Gasteiger partial charge in [0.25, 0.3) is 0 Å². The predicted molar refractivity (Wildman–Crippen MR) is 184 cm³/mol. The van der Waals surface area contributed by atoms with Crippen molar-refractivity contribution in [2.24, 2.45) is 4.99 Å². The van der Waals surface area contributed by atoms with Crippen LogP contribution in [0.4, 0.5) is 11.4 Å². The van der Waals surface area contributed by atoms with Gasteiger partial charge in [-0.05, 0) is 0 Å². The molecule has 0 amide bonds. The molecule has 4 rings (SSSR count). The fraction of sp³-hybridized carbons (Fsp3) is 0.350. The van der Waals surface area contributed by atoms with Crippen molar-refractivity contribution in [2.75, 3.05) is 0 Å². The van der Waals surface area contributed by atoms with Crippen LogP contribution in [0.15, 0.2) is 65.7 Å². The van der Waals surface area contributed by atoms with Crippen molar-refractivity contribution in [3.63, 3.8) is 0 Å². The number of rotatable bonds is 7. The number of hydrogen-bond acceptors (Lipinski definition) is 1. The van der Waals surface area contributed by atoms with E-state index >= 15 is 0 Å². The molecule has 227 valence electrons. The molecular formula is C40H48N2Pd+. The summed E-state index contributed by atoms with van der Waals surface area (Å²) in [6.45, 7) is 26.6. The molecular weight excluding hydrogens is 615 g/mol. The molecule has 43 heavy (non-hydrogen) atoms. The van der Waals surface area contributed by atoms with Gasteiger partial charge in [0.15, 0.2) is 0 Å². The molecule has 0 heterocycles. The molecule has 0 unspecified atom stereocenters. The molecule has 2 nitrogen and oxygen atoms in total. The van der Waals surface area contributed by atoms with Crippen LogP contribution in [0, 0.1) is 41.5 Å². The van der Waals surface area contributed by atoms with Gasteiger partial charge in [-0.25, -0.2) is 0 Å². The van der Waals surface area contributed by atoms with E-state index in [1.807, 2.05) is 0 Å². The Labute approximate surface area is 271 Å². The number of benzene rings is 4. The molecule has 0 radical (unpaired) electrons. The van der Waals surface area contributed by atoms with E-state index in [-0.39, 0.29) is 0 Å². The summed E-state index contributed by atoms with van der Waals surface area (Å²) in [5, 5.41) is 0. The Bertz CT molecular complexity index is 1750. The van der Waals surface area contributed by atoms with Crippen LogP contribution < -0.4 is 0 Å². The van der Waals surface area contributed by atoms with Gasteiger partial charge in [-0.15, -0.1) is 0 Å². The predicted octanol–water partition coefficient (Wildman–Crippen LogP) is 11.5. The van der Waals surface area contributed by atoms with Gasteiger partial charge in [0.1, 0.15) is 0 Å². The Morgan fingerprint density at radius 1 is 0.628 bits per heavy atom. The molecule has 0 aliphatic heterocycles. The summed E-state index contributed by atoms with van der Waals surface area (Å²) in [6.07, 6.45) is 0. The minimum atomic E-state index is 0.418. The summed E-state index contributed by atoms with van der Waals surface area (Å²) >= 11 is 3.66. The SMILES string of the molecule is CC(=Nc1c(C)cc(C)cc1-c1c(C)cccc1C(C)C)C(C)=[N+]([Pd])c1c(C)cc(C)cc1-c1c(C)cccc1C(C)C. The van der Waals surface area contributed by atoms with Crippen molar-refractivity contribution in [1.29, 1.82) is 0 Å². The van der Waals surface area contributed by atoms with Gasteiger partial charge in [0.2, 0.25) is 0 Å². The second-order valence-electron chi connectivity index (χ2n) is 12.9. The Morgan fingerprint density at radius 3 is 1.60 bits per heavy atom. The molecule has 0 aliphatic carbocycles. The fourth-order valence-electron chi connectivity index (χ4n) is 6.32. The molecule has 0 N–H and O–H groups in total. The zero-order valence-electron chi connectivity index (χ0n) is 28.1. The van der Waals surface area contributed by atoms with Gasteiger partial charge < -0.3 is 0 Å². The van der Waals surface area contributed by atoms with Crippen LogP contribution in [-0.4, -0.2) is 14.6 Å². The molecule has 0 fully saturated rings. The Hall–Kier alpha value is -3.12. The molecule has 4 aromatic rings. The molecule has 0 spiro atoms. The minimum absolute atomic E-state index is 0.418. The van der Waals surface area contributed by atoms with Crippen LogP contribution in [0.2, 0.25) is 0 Å². The van der Waals surface area contributed by atoms with Crippen molar-refractivity contribution in [3.8, 4) is 22.3 Å². The third kappa shape index (κ3) is 6.70. The molecule has 4 aromatic carbocycles. The topological polar surface area (TPSA) is 15.4 Å². The maximum absolute atomic E-state index is 5.39. The van der Waals surface area contributed by atoms with Gasteiger partial charge in [0.05, 0.1) is 0 Å². The Kier molecular flexibility index (Phi) is 10.1. The monoisotopic (exact) mass is 662 g/mol. The molecule has 0 aliphatic rings. The molecule has 0 atom stereocenters. The van der Waals surface area contributed by atoms with Crippen LogP contribution in [0.1, 0.15) is 97.9 Å². The number of nitrogens with zero attached hydrogens (tertiary/aromatic N) is 2. The van der Waals surface area contributed by atoms with E-state index in [1.54, 1.807) is 0 Å². The van der Waals surface area contributed by atoms with Crippen molar-refractivity contribution in [2.45, 2.75) is 94.9 Å². The third-order valence-corrected chi connectivity index (χ3v) is 9.41. The summed E-state index contributed by atoms with van der Waals surface area (Å²) in [5.41, 5.74) is 19.7. The van der Waals surface area contributed by atoms with E-state index in [1.165, 1.54) is 72.4 Å². The maximum atomic E-state index is 5.39. The van der Waals surface area contributed by atoms with Crippen molar-refractivity contribution >= 4 is 22.8 Å². The standard InChI is InChI=1S/C40H48N2.Pd/c1-23(2)33-17-13-15-27(7)37(33)35-21-25(5)19-29(9)39(35)41-31(11)32(12)42-40-30(10)20-26(6)22-36(40)38-28(8)16-14-18-34(38)24(3)4;/h13-24H,1-12H3;/q;+1. The molecule has 0 saturated heterocycles. The average molecular weight is 663 g/mol. The van der Waals surface area contributed by atoms with Crippen molar-refractivity contribution in [1.82, 2.24) is 0 Å². The van der Waals surface area contributed by atoms with Crippen LogP contribution in [0.25, 0.3) is 22.3 Å². The van der Waals surface area contributed by atoms with Gasteiger partial charge in [-0.1, -0.05) is 0 Å². The van der Waals surface area contributed by atoms with E-state index < -0.39 is 0 Å². The van der Waals surface area contributed by atoms with E-state index in [9.17, 15) is 0 Å². The average Bonchev–Trinajstić information content (AvgIpc) is 2.92. The zero-order chi connectivity index (χ0) is 31.7. The van der Waals surface area contributed by atoms with Gasteiger partial charge in [-0.3, -0.25) is 0 Å². The first-order chi connectivity index (χ1) is 20.2. The first-order valence-electron chi connectivity index (χ1n) is 15.5. The normalized spacial score (nSPS) is 12.8. The van der Waals surface area contributed by atoms with Gasteiger partial charge in [0, 0.05) is 0 Å². The molecule has 0 saturated carbocycles. The van der Waals surface area contributed by atoms with Crippen molar-refractivity contribution < 1.29 is 22.7 Å². The van der Waals surface area contributed by atoms with E-state index in [4.69, 9.17) is 4.99 Å². The quantitative estimate of drug-likeness (QED) is 0.138. The number of aliphatic imine (C=N–C) groups is 1. The van der Waals surface area contributed by atoms with Gasteiger partial charge in [-0.2, -0.15) is 0 Å². The van der Waals surface area contributed by atoms with E-state index in [0.29, 0.717) is 11.8 Å². The number of aryl methyl sites for hydroxylation is 6. The molecule has 3 heteroatoms. The Morgan fingerprint density at radius 2 is 1.09 bits per heavy atom. The van der Waals surface area contributed by atoms with Crippen LogP contribution in [0.5, 0.6) is 0 Å². The first kappa shape index (κ1) is 32.8. The third-order valence-electron chi connectivity index (χ3n) is 8.54. The molecule has 0 bridgehead atoms. The van der Waals surface area contributed by atoms with Crippen molar-refractivity contribution in [3.05, 3.63) is 105 Å². The number of hydrogen-bond donors (Lipinski definition) is 0. The second-order valence-corrected chi connectivity index (χ2v) is 13.6. The summed E-state index contributed by atoms with van der Waals surface area (Å²) in [5.74, 6) is 0.839. The summed E-state index contributed by atoms with van der Waals surface area (Å²) in [7, 11) is 0. The van der Waals surface area contributed by atoms with E-state index in [0.717, 1.165) is 17.1 Å². The fourth-order valence-corrected chi connectivity index (χ4v) is 7.03. The summed E-state index contributed by atoms with van der Waals surface area (Å²) < 4.78 is 2.21. The van der Waals surface area contributed by atoms with Crippen LogP contribution in [-0.2, 0) is 19.4 Å². The zero-order valence-corrected chi connectivity index (χ0v) is 29.7. The molecule has 0 aromatic heterocycles. The Balaban J connectivity index is 1.98. The van der Waals surface area contributed by atoms with Crippen LogP contribution >= 0.6 is 0 Å². The van der Waals surface area contributed by atoms with E-state index in [2.05, 4.69) is 166 Å².